The number of aromatic amines is 2. The summed E-state index contributed by atoms with van der Waals surface area (Å²) >= 11 is 0. The summed E-state index contributed by atoms with van der Waals surface area (Å²) in [6.07, 6.45) is 0.663. The highest BCUT2D eigenvalue weighted by atomic mass is 16.4. The Bertz CT molecular complexity index is 693. The van der Waals surface area contributed by atoms with E-state index in [1.165, 1.54) is 4.57 Å². The molecule has 0 atom stereocenters. The molecule has 0 unspecified atom stereocenters. The van der Waals surface area contributed by atoms with E-state index in [1.807, 2.05) is 6.92 Å². The van der Waals surface area contributed by atoms with Gasteiger partial charge in [0.1, 0.15) is 5.52 Å². The summed E-state index contributed by atoms with van der Waals surface area (Å²) < 4.78 is 1.24. The van der Waals surface area contributed by atoms with Gasteiger partial charge in [-0.2, -0.15) is 0 Å². The highest BCUT2D eigenvalue weighted by Crippen LogP contribution is 2.05. The largest absolute Gasteiger partial charge is 0.475 e. The van der Waals surface area contributed by atoms with Gasteiger partial charge in [0.15, 0.2) is 5.65 Å². The van der Waals surface area contributed by atoms with Crippen LogP contribution >= 0.6 is 0 Å². The Kier molecular flexibility index (Phi) is 2.54. The smallest absolute Gasteiger partial charge is 0.371 e. The topological polar surface area (TPSA) is 121 Å². The molecular weight excluding hydrogens is 228 g/mol. The minimum Gasteiger partial charge on any atom is -0.475 e. The van der Waals surface area contributed by atoms with Crippen LogP contribution in [0.25, 0.3) is 11.2 Å². The normalized spacial score (nSPS) is 10.9. The molecule has 0 radical (unpaired) electrons. The highest BCUT2D eigenvalue weighted by Gasteiger charge is 2.15. The first-order valence-corrected chi connectivity index (χ1v) is 5.00. The zero-order valence-corrected chi connectivity index (χ0v) is 8.98. The van der Waals surface area contributed by atoms with Crippen molar-refractivity contribution in [1.82, 2.24) is 19.5 Å². The first kappa shape index (κ1) is 11.1. The van der Waals surface area contributed by atoms with Crippen LogP contribution in [0.1, 0.15) is 24.0 Å². The lowest BCUT2D eigenvalue weighted by Crippen LogP contribution is -2.30. The van der Waals surface area contributed by atoms with Crippen LogP contribution in [0.5, 0.6) is 0 Å². The maximum atomic E-state index is 11.5. The van der Waals surface area contributed by atoms with Crippen molar-refractivity contribution >= 4 is 17.1 Å². The molecule has 0 saturated carbocycles. The number of rotatable bonds is 3. The van der Waals surface area contributed by atoms with Crippen LogP contribution in [0, 0.1) is 0 Å². The lowest BCUT2D eigenvalue weighted by molar-refractivity contribution is 0.0685. The Balaban J connectivity index is 2.85. The van der Waals surface area contributed by atoms with Crippen LogP contribution in [0.2, 0.25) is 0 Å². The number of carboxylic acid groups (broad SMARTS) is 1. The molecule has 2 aromatic rings. The van der Waals surface area contributed by atoms with Crippen molar-refractivity contribution in [3.8, 4) is 0 Å². The molecule has 2 rings (SSSR count). The SMILES string of the molecule is CCCn1c(=O)[nH]c(=O)c2[nH]c(C(=O)O)nc21. The van der Waals surface area contributed by atoms with Crippen LogP contribution in [0.15, 0.2) is 9.59 Å². The average molecular weight is 238 g/mol. The zero-order chi connectivity index (χ0) is 12.6. The van der Waals surface area contributed by atoms with E-state index in [0.29, 0.717) is 13.0 Å². The van der Waals surface area contributed by atoms with Crippen LogP contribution < -0.4 is 11.2 Å². The van der Waals surface area contributed by atoms with Gasteiger partial charge in [0.2, 0.25) is 5.82 Å². The number of carbonyl (C=O) groups is 1. The van der Waals surface area contributed by atoms with E-state index in [0.717, 1.165) is 0 Å². The molecule has 8 nitrogen and oxygen atoms in total. The Labute approximate surface area is 93.9 Å². The summed E-state index contributed by atoms with van der Waals surface area (Å²) in [6.45, 7) is 2.21. The van der Waals surface area contributed by atoms with Crippen molar-refractivity contribution in [2.75, 3.05) is 0 Å². The molecular formula is C9H10N4O4. The molecule has 3 N–H and O–H groups in total. The Morgan fingerprint density at radius 2 is 2.12 bits per heavy atom. The Hall–Kier alpha value is -2.38. The number of fused-ring (bicyclic) bond motifs is 1. The Morgan fingerprint density at radius 1 is 1.41 bits per heavy atom. The quantitative estimate of drug-likeness (QED) is 0.666. The summed E-state index contributed by atoms with van der Waals surface area (Å²) in [5, 5.41) is 8.77. The number of aromatic carboxylic acids is 1. The summed E-state index contributed by atoms with van der Waals surface area (Å²) in [5.41, 5.74) is -1.20. The van der Waals surface area contributed by atoms with Gasteiger partial charge in [-0.15, -0.1) is 0 Å². The van der Waals surface area contributed by atoms with Gasteiger partial charge in [0, 0.05) is 6.54 Å². The fourth-order valence-electron chi connectivity index (χ4n) is 1.57. The fourth-order valence-corrected chi connectivity index (χ4v) is 1.57. The molecule has 0 aromatic carbocycles. The van der Waals surface area contributed by atoms with Crippen molar-refractivity contribution in [2.45, 2.75) is 19.9 Å². The minimum atomic E-state index is -1.28. The number of nitrogens with one attached hydrogen (secondary N) is 2. The molecule has 0 fully saturated rings. The summed E-state index contributed by atoms with van der Waals surface area (Å²) in [5.74, 6) is -1.64. The third-order valence-electron chi connectivity index (χ3n) is 2.28. The molecule has 0 aliphatic carbocycles. The van der Waals surface area contributed by atoms with Crippen molar-refractivity contribution in [1.29, 1.82) is 0 Å². The molecule has 0 aliphatic heterocycles. The summed E-state index contributed by atoms with van der Waals surface area (Å²) in [4.78, 5) is 42.0. The summed E-state index contributed by atoms with van der Waals surface area (Å²) in [6, 6.07) is 0. The first-order chi connectivity index (χ1) is 8.04. The summed E-state index contributed by atoms with van der Waals surface area (Å²) in [7, 11) is 0. The van der Waals surface area contributed by atoms with Gasteiger partial charge < -0.3 is 10.1 Å². The molecule has 8 heteroatoms. The lowest BCUT2D eigenvalue weighted by atomic mass is 10.4. The minimum absolute atomic E-state index is 0.00421. The van der Waals surface area contributed by atoms with E-state index >= 15 is 0 Å². The van der Waals surface area contributed by atoms with Gasteiger partial charge in [0.05, 0.1) is 0 Å². The second kappa shape index (κ2) is 3.89. The van der Waals surface area contributed by atoms with Crippen molar-refractivity contribution < 1.29 is 9.90 Å². The first-order valence-electron chi connectivity index (χ1n) is 5.00. The molecule has 2 heterocycles. The predicted octanol–water partition coefficient (Wildman–Crippen LogP) is -0.479. The second-order valence-electron chi connectivity index (χ2n) is 3.50. The van der Waals surface area contributed by atoms with Crippen molar-refractivity contribution in [3.63, 3.8) is 0 Å². The number of nitrogens with zero attached hydrogens (tertiary/aromatic N) is 2. The number of imidazole rings is 1. The maximum Gasteiger partial charge on any atom is 0.371 e. The van der Waals surface area contributed by atoms with E-state index in [4.69, 9.17) is 5.11 Å². The number of aromatic nitrogens is 4. The van der Waals surface area contributed by atoms with Crippen molar-refractivity contribution in [2.24, 2.45) is 0 Å². The number of carboxylic acids is 1. The van der Waals surface area contributed by atoms with E-state index < -0.39 is 17.2 Å². The van der Waals surface area contributed by atoms with Gasteiger partial charge in [-0.25, -0.2) is 14.6 Å². The molecule has 0 amide bonds. The van der Waals surface area contributed by atoms with E-state index in [2.05, 4.69) is 15.0 Å². The third kappa shape index (κ3) is 1.73. The standard InChI is InChI=1S/C9H10N4O4/c1-2-3-13-6-4(7(14)12-9(13)17)10-5(11-6)8(15)16/h2-3H2,1H3,(H,10,11)(H,15,16)(H,12,14,17). The van der Waals surface area contributed by atoms with Crippen LogP contribution in [-0.4, -0.2) is 30.6 Å². The highest BCUT2D eigenvalue weighted by molar-refractivity contribution is 5.87. The number of hydrogen-bond donors (Lipinski definition) is 3. The van der Waals surface area contributed by atoms with E-state index in [1.54, 1.807) is 0 Å². The van der Waals surface area contributed by atoms with Crippen LogP contribution in [-0.2, 0) is 6.54 Å². The lowest BCUT2D eigenvalue weighted by Gasteiger charge is -2.02. The molecule has 0 aliphatic rings. The fraction of sp³-hybridized carbons (Fsp3) is 0.333. The van der Waals surface area contributed by atoms with Gasteiger partial charge in [0.25, 0.3) is 5.56 Å². The van der Waals surface area contributed by atoms with Crippen LogP contribution in [0.4, 0.5) is 0 Å². The molecule has 2 aromatic heterocycles. The van der Waals surface area contributed by atoms with Gasteiger partial charge in [-0.05, 0) is 6.42 Å². The predicted molar refractivity (Wildman–Crippen MR) is 58.2 cm³/mol. The third-order valence-corrected chi connectivity index (χ3v) is 2.28. The van der Waals surface area contributed by atoms with E-state index in [9.17, 15) is 14.4 Å². The number of aryl methyl sites for hydroxylation is 1. The number of hydrogen-bond acceptors (Lipinski definition) is 4. The van der Waals surface area contributed by atoms with Gasteiger partial charge >= 0.3 is 11.7 Å². The molecule has 17 heavy (non-hydrogen) atoms. The Morgan fingerprint density at radius 3 is 2.71 bits per heavy atom. The van der Waals surface area contributed by atoms with Gasteiger partial charge in [-0.1, -0.05) is 6.92 Å². The van der Waals surface area contributed by atoms with E-state index in [-0.39, 0.29) is 17.0 Å². The molecule has 0 spiro atoms. The molecule has 0 saturated heterocycles. The van der Waals surface area contributed by atoms with Crippen molar-refractivity contribution in [3.05, 3.63) is 26.7 Å². The van der Waals surface area contributed by atoms with Gasteiger partial charge in [-0.3, -0.25) is 14.3 Å². The molecule has 0 bridgehead atoms. The monoisotopic (exact) mass is 238 g/mol. The van der Waals surface area contributed by atoms with Crippen LogP contribution in [0.3, 0.4) is 0 Å². The molecule has 90 valence electrons. The average Bonchev–Trinajstić information content (AvgIpc) is 2.69. The maximum absolute atomic E-state index is 11.5. The second-order valence-corrected chi connectivity index (χ2v) is 3.50. The zero-order valence-electron chi connectivity index (χ0n) is 8.98. The number of H-pyrrole nitrogens is 2.